The highest BCUT2D eigenvalue weighted by molar-refractivity contribution is 6.04. The van der Waals surface area contributed by atoms with Gasteiger partial charge in [0.25, 0.3) is 11.8 Å². The summed E-state index contributed by atoms with van der Waals surface area (Å²) in [5.41, 5.74) is 1.76. The smallest absolute Gasteiger partial charge is 0.255 e. The summed E-state index contributed by atoms with van der Waals surface area (Å²) in [7, 11) is 0. The molecule has 28 heavy (non-hydrogen) atoms. The molecule has 1 aliphatic heterocycles. The molecular formula is C22H26N2O4. The van der Waals surface area contributed by atoms with E-state index in [9.17, 15) is 9.59 Å². The zero-order valence-corrected chi connectivity index (χ0v) is 16.3. The first kappa shape index (κ1) is 19.9. The lowest BCUT2D eigenvalue weighted by Crippen LogP contribution is -2.40. The van der Waals surface area contributed by atoms with Crippen LogP contribution < -0.4 is 10.1 Å². The number of carbonyl (C=O) groups is 2. The summed E-state index contributed by atoms with van der Waals surface area (Å²) in [6.07, 6.45) is 0.987. The van der Waals surface area contributed by atoms with Crippen molar-refractivity contribution in [2.24, 2.45) is 0 Å². The normalized spacial score (nSPS) is 15.0. The van der Waals surface area contributed by atoms with E-state index < -0.39 is 0 Å². The van der Waals surface area contributed by atoms with Gasteiger partial charge in [-0.2, -0.15) is 0 Å². The van der Waals surface area contributed by atoms with Crippen molar-refractivity contribution in [3.63, 3.8) is 0 Å². The zero-order valence-electron chi connectivity index (χ0n) is 16.3. The molecule has 0 aliphatic carbocycles. The molecule has 2 amide bonds. The number of anilines is 1. The van der Waals surface area contributed by atoms with Crippen LogP contribution in [-0.4, -0.2) is 49.1 Å². The Kier molecular flexibility index (Phi) is 6.66. The molecule has 0 aromatic heterocycles. The van der Waals surface area contributed by atoms with Crippen LogP contribution in [0.1, 0.15) is 41.0 Å². The molecule has 1 aliphatic rings. The number of nitrogens with zero attached hydrogens (tertiary/aromatic N) is 1. The maximum Gasteiger partial charge on any atom is 0.255 e. The Morgan fingerprint density at radius 1 is 1.11 bits per heavy atom. The van der Waals surface area contributed by atoms with Crippen molar-refractivity contribution in [1.29, 1.82) is 0 Å². The SMILES string of the molecule is CC[C@H](C)Oc1cccc(C(=O)Nc2ccc(C(=O)N3CCOCC3)cc2)c1. The topological polar surface area (TPSA) is 67.9 Å². The van der Waals surface area contributed by atoms with Crippen LogP contribution in [0.3, 0.4) is 0 Å². The zero-order chi connectivity index (χ0) is 19.9. The number of rotatable bonds is 6. The summed E-state index contributed by atoms with van der Waals surface area (Å²) in [5.74, 6) is 0.436. The summed E-state index contributed by atoms with van der Waals surface area (Å²) in [6, 6.07) is 14.1. The van der Waals surface area contributed by atoms with Crippen LogP contribution in [0.2, 0.25) is 0 Å². The molecule has 0 radical (unpaired) electrons. The molecule has 1 fully saturated rings. The van der Waals surface area contributed by atoms with Crippen molar-refractivity contribution in [2.45, 2.75) is 26.4 Å². The van der Waals surface area contributed by atoms with Gasteiger partial charge in [-0.25, -0.2) is 0 Å². The van der Waals surface area contributed by atoms with Gasteiger partial charge in [-0.1, -0.05) is 13.0 Å². The molecule has 148 valence electrons. The summed E-state index contributed by atoms with van der Waals surface area (Å²) >= 11 is 0. The highest BCUT2D eigenvalue weighted by Crippen LogP contribution is 2.18. The minimum atomic E-state index is -0.221. The highest BCUT2D eigenvalue weighted by atomic mass is 16.5. The third-order valence-corrected chi connectivity index (χ3v) is 4.70. The van der Waals surface area contributed by atoms with Gasteiger partial charge in [0.05, 0.1) is 19.3 Å². The maximum atomic E-state index is 12.5. The second-order valence-corrected chi connectivity index (χ2v) is 6.80. The average molecular weight is 382 g/mol. The molecule has 0 saturated carbocycles. The number of amides is 2. The fourth-order valence-corrected chi connectivity index (χ4v) is 2.87. The Labute approximate surface area is 165 Å². The number of ether oxygens (including phenoxy) is 2. The first-order chi connectivity index (χ1) is 13.6. The number of benzene rings is 2. The van der Waals surface area contributed by atoms with Crippen molar-refractivity contribution in [3.05, 3.63) is 59.7 Å². The van der Waals surface area contributed by atoms with Gasteiger partial charge >= 0.3 is 0 Å². The van der Waals surface area contributed by atoms with Gasteiger partial charge in [-0.15, -0.1) is 0 Å². The molecular weight excluding hydrogens is 356 g/mol. The fraction of sp³-hybridized carbons (Fsp3) is 0.364. The molecule has 1 heterocycles. The minimum absolute atomic E-state index is 0.0175. The van der Waals surface area contributed by atoms with E-state index in [2.05, 4.69) is 12.2 Å². The number of hydrogen-bond donors (Lipinski definition) is 1. The van der Waals surface area contributed by atoms with E-state index in [4.69, 9.17) is 9.47 Å². The Balaban J connectivity index is 1.63. The number of hydrogen-bond acceptors (Lipinski definition) is 4. The second-order valence-electron chi connectivity index (χ2n) is 6.80. The lowest BCUT2D eigenvalue weighted by Gasteiger charge is -2.26. The maximum absolute atomic E-state index is 12.5. The Morgan fingerprint density at radius 3 is 2.50 bits per heavy atom. The highest BCUT2D eigenvalue weighted by Gasteiger charge is 2.18. The van der Waals surface area contributed by atoms with Gasteiger partial charge in [0.1, 0.15) is 5.75 Å². The molecule has 2 aromatic carbocycles. The van der Waals surface area contributed by atoms with Crippen LogP contribution in [0, 0.1) is 0 Å². The lowest BCUT2D eigenvalue weighted by molar-refractivity contribution is 0.0303. The van der Waals surface area contributed by atoms with Gasteiger partial charge in [0, 0.05) is 29.9 Å². The molecule has 1 saturated heterocycles. The van der Waals surface area contributed by atoms with Gasteiger partial charge in [0.15, 0.2) is 0 Å². The Bertz CT molecular complexity index is 814. The van der Waals surface area contributed by atoms with E-state index in [1.54, 1.807) is 47.4 Å². The van der Waals surface area contributed by atoms with Crippen molar-refractivity contribution >= 4 is 17.5 Å². The summed E-state index contributed by atoms with van der Waals surface area (Å²) < 4.78 is 11.0. The third-order valence-electron chi connectivity index (χ3n) is 4.70. The van der Waals surface area contributed by atoms with Crippen molar-refractivity contribution in [3.8, 4) is 5.75 Å². The average Bonchev–Trinajstić information content (AvgIpc) is 2.74. The van der Waals surface area contributed by atoms with E-state index >= 15 is 0 Å². The number of nitrogens with one attached hydrogen (secondary N) is 1. The Hall–Kier alpha value is -2.86. The standard InChI is InChI=1S/C22H26N2O4/c1-3-16(2)28-20-6-4-5-18(15-20)21(25)23-19-9-7-17(8-10-19)22(26)24-11-13-27-14-12-24/h4-10,15-16H,3,11-14H2,1-2H3,(H,23,25)/t16-/m0/s1. The largest absolute Gasteiger partial charge is 0.491 e. The van der Waals surface area contributed by atoms with Gasteiger partial charge in [0.2, 0.25) is 0 Å². The summed E-state index contributed by atoms with van der Waals surface area (Å²) in [6.45, 7) is 6.39. The van der Waals surface area contributed by atoms with Crippen molar-refractivity contribution in [1.82, 2.24) is 4.90 Å². The van der Waals surface area contributed by atoms with E-state index in [1.165, 1.54) is 0 Å². The van der Waals surface area contributed by atoms with Gasteiger partial charge in [-0.05, 0) is 55.8 Å². The van der Waals surface area contributed by atoms with Crippen LogP contribution in [0.4, 0.5) is 5.69 Å². The monoisotopic (exact) mass is 382 g/mol. The molecule has 6 nitrogen and oxygen atoms in total. The quantitative estimate of drug-likeness (QED) is 0.829. The molecule has 6 heteroatoms. The van der Waals surface area contributed by atoms with Gasteiger partial charge < -0.3 is 19.7 Å². The number of carbonyl (C=O) groups excluding carboxylic acids is 2. The lowest BCUT2D eigenvalue weighted by atomic mass is 10.1. The van der Waals surface area contributed by atoms with Crippen LogP contribution in [0.25, 0.3) is 0 Å². The first-order valence-electron chi connectivity index (χ1n) is 9.62. The summed E-state index contributed by atoms with van der Waals surface area (Å²) in [5, 5.41) is 2.86. The second kappa shape index (κ2) is 9.37. The third kappa shape index (κ3) is 5.10. The molecule has 2 aromatic rings. The van der Waals surface area contributed by atoms with Gasteiger partial charge in [-0.3, -0.25) is 9.59 Å². The molecule has 0 bridgehead atoms. The first-order valence-corrected chi connectivity index (χ1v) is 9.62. The molecule has 1 atom stereocenters. The fourth-order valence-electron chi connectivity index (χ4n) is 2.87. The van der Waals surface area contributed by atoms with E-state index in [0.29, 0.717) is 48.9 Å². The van der Waals surface area contributed by atoms with Crippen LogP contribution in [0.15, 0.2) is 48.5 Å². The summed E-state index contributed by atoms with van der Waals surface area (Å²) in [4.78, 5) is 26.8. The van der Waals surface area contributed by atoms with E-state index in [-0.39, 0.29) is 17.9 Å². The molecule has 0 spiro atoms. The van der Waals surface area contributed by atoms with Crippen molar-refractivity contribution in [2.75, 3.05) is 31.6 Å². The molecule has 3 rings (SSSR count). The van der Waals surface area contributed by atoms with E-state index in [0.717, 1.165) is 6.42 Å². The van der Waals surface area contributed by atoms with Crippen LogP contribution >= 0.6 is 0 Å². The van der Waals surface area contributed by atoms with Crippen molar-refractivity contribution < 1.29 is 19.1 Å². The van der Waals surface area contributed by atoms with E-state index in [1.807, 2.05) is 13.0 Å². The molecule has 1 N–H and O–H groups in total. The minimum Gasteiger partial charge on any atom is -0.491 e. The predicted octanol–water partition coefficient (Wildman–Crippen LogP) is 3.59. The molecule has 0 unspecified atom stereocenters. The Morgan fingerprint density at radius 2 is 1.82 bits per heavy atom. The van der Waals surface area contributed by atoms with Crippen LogP contribution in [-0.2, 0) is 4.74 Å². The van der Waals surface area contributed by atoms with Crippen LogP contribution in [0.5, 0.6) is 5.75 Å². The predicted molar refractivity (Wildman–Crippen MR) is 108 cm³/mol. The number of morpholine rings is 1.